The molecule has 1 N–H and O–H groups in total. The van der Waals surface area contributed by atoms with Crippen LogP contribution in [0.2, 0.25) is 0 Å². The Morgan fingerprint density at radius 3 is 2.69 bits per heavy atom. The molecule has 1 aromatic carbocycles. The number of benzene rings is 1. The molecule has 2 aromatic heterocycles. The van der Waals surface area contributed by atoms with Crippen LogP contribution in [0.25, 0.3) is 11.2 Å². The molecule has 29 heavy (non-hydrogen) atoms. The van der Waals surface area contributed by atoms with Crippen molar-refractivity contribution >= 4 is 28.7 Å². The third-order valence-electron chi connectivity index (χ3n) is 4.59. The number of carbonyl (C=O) groups excluding carboxylic acids is 2. The summed E-state index contributed by atoms with van der Waals surface area (Å²) < 4.78 is 2.00. The lowest BCUT2D eigenvalue weighted by Gasteiger charge is -2.11. The van der Waals surface area contributed by atoms with Gasteiger partial charge >= 0.3 is 0 Å². The fourth-order valence-corrected chi connectivity index (χ4v) is 3.08. The van der Waals surface area contributed by atoms with Crippen LogP contribution in [0.1, 0.15) is 36.2 Å². The molecule has 3 aromatic rings. The van der Waals surface area contributed by atoms with Crippen molar-refractivity contribution < 1.29 is 9.59 Å². The topological polar surface area (TPSA) is 80.1 Å². The van der Waals surface area contributed by atoms with E-state index in [1.807, 2.05) is 28.8 Å². The Hall–Kier alpha value is -3.22. The van der Waals surface area contributed by atoms with Crippen LogP contribution >= 0.6 is 0 Å². The van der Waals surface area contributed by atoms with Gasteiger partial charge in [-0.3, -0.25) is 9.59 Å². The van der Waals surface area contributed by atoms with E-state index in [1.54, 1.807) is 37.6 Å². The number of imidazole rings is 1. The van der Waals surface area contributed by atoms with Gasteiger partial charge in [-0.1, -0.05) is 26.0 Å². The molecule has 0 bridgehead atoms. The number of carbonyl (C=O) groups is 2. The van der Waals surface area contributed by atoms with Crippen molar-refractivity contribution in [3.8, 4) is 0 Å². The summed E-state index contributed by atoms with van der Waals surface area (Å²) in [6.07, 6.45) is 4.40. The van der Waals surface area contributed by atoms with Crippen LogP contribution in [-0.4, -0.2) is 45.3 Å². The minimum absolute atomic E-state index is 0.0794. The average Bonchev–Trinajstić information content (AvgIpc) is 3.07. The maximum Gasteiger partial charge on any atom is 0.257 e. The van der Waals surface area contributed by atoms with Crippen LogP contribution in [0.5, 0.6) is 0 Å². The highest BCUT2D eigenvalue weighted by atomic mass is 16.2. The van der Waals surface area contributed by atoms with E-state index in [4.69, 9.17) is 0 Å². The number of nitrogens with one attached hydrogen (secondary N) is 1. The Bertz CT molecular complexity index is 1020. The van der Waals surface area contributed by atoms with E-state index in [-0.39, 0.29) is 11.8 Å². The molecule has 0 aliphatic rings. The largest absolute Gasteiger partial charge is 0.349 e. The molecule has 0 fully saturated rings. The Kier molecular flexibility index (Phi) is 6.26. The van der Waals surface area contributed by atoms with Crippen LogP contribution in [0.4, 0.5) is 5.69 Å². The van der Waals surface area contributed by atoms with Gasteiger partial charge < -0.3 is 14.8 Å². The number of anilines is 1. The second kappa shape index (κ2) is 8.86. The van der Waals surface area contributed by atoms with E-state index in [0.717, 1.165) is 17.8 Å². The molecule has 2 heterocycles. The molecule has 0 spiro atoms. The van der Waals surface area contributed by atoms with Gasteiger partial charge in [0.05, 0.1) is 11.9 Å². The number of hydrogen-bond donors (Lipinski definition) is 1. The molecule has 0 aliphatic carbocycles. The quantitative estimate of drug-likeness (QED) is 0.667. The smallest absolute Gasteiger partial charge is 0.257 e. The number of rotatable bonds is 7. The minimum Gasteiger partial charge on any atom is -0.349 e. The number of aryl methyl sites for hydroxylation is 1. The van der Waals surface area contributed by atoms with E-state index in [0.29, 0.717) is 35.5 Å². The third kappa shape index (κ3) is 5.19. The minimum atomic E-state index is -0.237. The normalized spacial score (nSPS) is 11.1. The van der Waals surface area contributed by atoms with Gasteiger partial charge in [0.15, 0.2) is 5.65 Å². The molecular weight excluding hydrogens is 366 g/mol. The van der Waals surface area contributed by atoms with Crippen LogP contribution in [0.15, 0.2) is 42.9 Å². The number of hydrogen-bond acceptors (Lipinski definition) is 4. The molecule has 0 radical (unpaired) electrons. The van der Waals surface area contributed by atoms with Gasteiger partial charge in [0.25, 0.3) is 5.91 Å². The summed E-state index contributed by atoms with van der Waals surface area (Å²) >= 11 is 0. The number of pyridine rings is 1. The second-order valence-electron chi connectivity index (χ2n) is 7.80. The molecule has 0 saturated carbocycles. The number of fused-ring (bicyclic) bond motifs is 1. The van der Waals surface area contributed by atoms with E-state index >= 15 is 0 Å². The number of aromatic nitrogens is 3. The van der Waals surface area contributed by atoms with Crippen molar-refractivity contribution in [3.63, 3.8) is 0 Å². The van der Waals surface area contributed by atoms with Crippen molar-refractivity contribution in [2.75, 3.05) is 19.4 Å². The van der Waals surface area contributed by atoms with Gasteiger partial charge in [-0.25, -0.2) is 9.97 Å². The maximum atomic E-state index is 12.7. The predicted octanol–water partition coefficient (Wildman–Crippen LogP) is 3.36. The molecule has 152 valence electrons. The van der Waals surface area contributed by atoms with E-state index < -0.39 is 0 Å². The molecule has 0 atom stereocenters. The van der Waals surface area contributed by atoms with E-state index in [2.05, 4.69) is 29.1 Å². The van der Waals surface area contributed by atoms with Crippen molar-refractivity contribution in [1.29, 1.82) is 0 Å². The molecular formula is C22H27N5O2. The Morgan fingerprint density at radius 2 is 1.97 bits per heavy atom. The summed E-state index contributed by atoms with van der Waals surface area (Å²) in [4.78, 5) is 34.8. The zero-order valence-corrected chi connectivity index (χ0v) is 17.3. The van der Waals surface area contributed by atoms with Gasteiger partial charge in [-0.15, -0.1) is 0 Å². The summed E-state index contributed by atoms with van der Waals surface area (Å²) in [6, 6.07) is 9.31. The van der Waals surface area contributed by atoms with Gasteiger partial charge in [-0.2, -0.15) is 0 Å². The van der Waals surface area contributed by atoms with Crippen LogP contribution in [-0.2, 0) is 17.8 Å². The summed E-state index contributed by atoms with van der Waals surface area (Å²) in [5.74, 6) is 0.326. The lowest BCUT2D eigenvalue weighted by molar-refractivity contribution is -0.128. The first-order chi connectivity index (χ1) is 13.8. The van der Waals surface area contributed by atoms with Gasteiger partial charge in [-0.05, 0) is 36.1 Å². The van der Waals surface area contributed by atoms with Crippen molar-refractivity contribution in [2.45, 2.75) is 33.2 Å². The second-order valence-corrected chi connectivity index (χ2v) is 7.80. The first kappa shape index (κ1) is 20.5. The zero-order chi connectivity index (χ0) is 21.0. The van der Waals surface area contributed by atoms with Crippen LogP contribution in [0, 0.1) is 5.92 Å². The zero-order valence-electron chi connectivity index (χ0n) is 17.3. The van der Waals surface area contributed by atoms with Crippen molar-refractivity contribution in [2.24, 2.45) is 5.92 Å². The molecule has 0 unspecified atom stereocenters. The maximum absolute atomic E-state index is 12.7. The predicted molar refractivity (Wildman–Crippen MR) is 114 cm³/mol. The van der Waals surface area contributed by atoms with Crippen LogP contribution < -0.4 is 5.32 Å². The first-order valence-corrected chi connectivity index (χ1v) is 9.75. The number of nitrogens with zero attached hydrogens (tertiary/aromatic N) is 4. The highest BCUT2D eigenvalue weighted by Gasteiger charge is 2.12. The summed E-state index contributed by atoms with van der Waals surface area (Å²) in [7, 11) is 3.49. The summed E-state index contributed by atoms with van der Waals surface area (Å²) in [5, 5.41) is 2.90. The van der Waals surface area contributed by atoms with E-state index in [1.165, 1.54) is 0 Å². The highest BCUT2D eigenvalue weighted by Crippen LogP contribution is 2.17. The Labute approximate surface area is 170 Å². The fourth-order valence-electron chi connectivity index (χ4n) is 3.08. The molecule has 2 amide bonds. The SMILES string of the molecule is CC(C)Cn1cnc2cc(C(=O)Nc3cccc(CCC(=O)N(C)C)c3)cnc21. The highest BCUT2D eigenvalue weighted by molar-refractivity contribution is 6.05. The molecule has 7 nitrogen and oxygen atoms in total. The lowest BCUT2D eigenvalue weighted by atomic mass is 10.1. The van der Waals surface area contributed by atoms with Gasteiger partial charge in [0, 0.05) is 38.9 Å². The Balaban J connectivity index is 1.70. The van der Waals surface area contributed by atoms with Crippen molar-refractivity contribution in [3.05, 3.63) is 54.0 Å². The lowest BCUT2D eigenvalue weighted by Crippen LogP contribution is -2.21. The summed E-state index contributed by atoms with van der Waals surface area (Å²) in [6.45, 7) is 5.11. The summed E-state index contributed by atoms with van der Waals surface area (Å²) in [5.41, 5.74) is 3.63. The molecule has 0 saturated heterocycles. The molecule has 7 heteroatoms. The molecule has 3 rings (SSSR count). The van der Waals surface area contributed by atoms with Crippen LogP contribution in [0.3, 0.4) is 0 Å². The number of amides is 2. The monoisotopic (exact) mass is 393 g/mol. The standard InChI is InChI=1S/C22H27N5O2/c1-15(2)13-27-14-24-19-11-17(12-23-21(19)27)22(29)25-18-7-5-6-16(10-18)8-9-20(28)26(3)4/h5-7,10-12,14-15H,8-9,13H2,1-4H3,(H,25,29). The third-order valence-corrected chi connectivity index (χ3v) is 4.59. The van der Waals surface area contributed by atoms with Crippen molar-refractivity contribution in [1.82, 2.24) is 19.4 Å². The first-order valence-electron chi connectivity index (χ1n) is 9.75. The van der Waals surface area contributed by atoms with Gasteiger partial charge in [0.1, 0.15) is 5.52 Å². The Morgan fingerprint density at radius 1 is 1.17 bits per heavy atom. The van der Waals surface area contributed by atoms with E-state index in [9.17, 15) is 9.59 Å². The van der Waals surface area contributed by atoms with Gasteiger partial charge in [0.2, 0.25) is 5.91 Å². The average molecular weight is 393 g/mol. The fraction of sp³-hybridized carbons (Fsp3) is 0.364. The molecule has 0 aliphatic heterocycles.